The van der Waals surface area contributed by atoms with Gasteiger partial charge in [0.15, 0.2) is 0 Å². The van der Waals surface area contributed by atoms with Gasteiger partial charge < -0.3 is 0 Å². The first-order chi connectivity index (χ1) is 16.7. The van der Waals surface area contributed by atoms with Crippen LogP contribution in [0.5, 0.6) is 0 Å². The third-order valence-electron chi connectivity index (χ3n) is 7.91. The predicted molar refractivity (Wildman–Crippen MR) is 148 cm³/mol. The van der Waals surface area contributed by atoms with Gasteiger partial charge in [0.25, 0.3) is 0 Å². The molecule has 34 heavy (non-hydrogen) atoms. The van der Waals surface area contributed by atoms with Crippen LogP contribution < -0.4 is 0 Å². The molecular formula is C34H42. The van der Waals surface area contributed by atoms with Gasteiger partial charge in [-0.05, 0) is 110 Å². The van der Waals surface area contributed by atoms with Gasteiger partial charge in [0.05, 0.1) is 0 Å². The van der Waals surface area contributed by atoms with Crippen molar-refractivity contribution in [3.63, 3.8) is 0 Å². The molecular weight excluding hydrogens is 408 g/mol. The average molecular weight is 451 g/mol. The Labute approximate surface area is 208 Å². The zero-order valence-electron chi connectivity index (χ0n) is 21.3. The summed E-state index contributed by atoms with van der Waals surface area (Å²) in [7, 11) is 0. The standard InChI is InChI=1S/C34H42/c1-3-4-6-9-28-12-14-29(15-13-28)16-17-30-18-22-33(23-19-30)34-24-20-31(21-25-34)26-27(2)32-10-7-5-8-11-32/h3-5,7-8,10-15,20-21,24-25,27,30,33H,6,9,16-19,22-23,26H2,1-2H3/b4-3+/t27-,30?,33?/m0/s1. The summed E-state index contributed by atoms with van der Waals surface area (Å²) in [6, 6.07) is 29.9. The van der Waals surface area contributed by atoms with Crippen LogP contribution in [0.4, 0.5) is 0 Å². The Balaban J connectivity index is 1.20. The van der Waals surface area contributed by atoms with Crippen LogP contribution in [0.1, 0.15) is 92.0 Å². The third-order valence-corrected chi connectivity index (χ3v) is 7.91. The summed E-state index contributed by atoms with van der Waals surface area (Å²) in [6.45, 7) is 4.44. The number of benzene rings is 3. The SMILES string of the molecule is C/C=C/CCc1ccc(CCC2CCC(c3ccc(C[C@H](C)c4ccccc4)cc3)CC2)cc1. The lowest BCUT2D eigenvalue weighted by Gasteiger charge is -2.29. The first kappa shape index (κ1) is 24.5. The van der Waals surface area contributed by atoms with Crippen molar-refractivity contribution < 1.29 is 0 Å². The first-order valence-corrected chi connectivity index (χ1v) is 13.5. The Bertz CT molecular complexity index is 986. The largest absolute Gasteiger partial charge is 0.0917 e. The number of allylic oxidation sites excluding steroid dienone is 2. The van der Waals surface area contributed by atoms with Crippen molar-refractivity contribution in [1.82, 2.24) is 0 Å². The molecule has 0 unspecified atom stereocenters. The number of aryl methyl sites for hydroxylation is 2. The minimum atomic E-state index is 0.567. The number of hydrogen-bond donors (Lipinski definition) is 0. The Morgan fingerprint density at radius 1 is 0.735 bits per heavy atom. The molecule has 4 rings (SSSR count). The van der Waals surface area contributed by atoms with Gasteiger partial charge in [-0.25, -0.2) is 0 Å². The molecule has 3 aromatic rings. The predicted octanol–water partition coefficient (Wildman–Crippen LogP) is 9.45. The van der Waals surface area contributed by atoms with E-state index in [2.05, 4.69) is 105 Å². The molecule has 0 saturated heterocycles. The molecule has 0 aromatic heterocycles. The molecule has 0 N–H and O–H groups in total. The van der Waals surface area contributed by atoms with E-state index < -0.39 is 0 Å². The average Bonchev–Trinajstić information content (AvgIpc) is 2.90. The van der Waals surface area contributed by atoms with Gasteiger partial charge in [0.2, 0.25) is 0 Å². The van der Waals surface area contributed by atoms with Gasteiger partial charge in [-0.2, -0.15) is 0 Å². The molecule has 1 fully saturated rings. The van der Waals surface area contributed by atoms with Crippen molar-refractivity contribution in [1.29, 1.82) is 0 Å². The van der Waals surface area contributed by atoms with Crippen molar-refractivity contribution in [2.45, 2.75) is 83.5 Å². The van der Waals surface area contributed by atoms with E-state index in [4.69, 9.17) is 0 Å². The monoisotopic (exact) mass is 450 g/mol. The van der Waals surface area contributed by atoms with Crippen LogP contribution in [0.2, 0.25) is 0 Å². The van der Waals surface area contributed by atoms with Crippen LogP contribution >= 0.6 is 0 Å². The van der Waals surface area contributed by atoms with Gasteiger partial charge >= 0.3 is 0 Å². The molecule has 1 saturated carbocycles. The first-order valence-electron chi connectivity index (χ1n) is 13.5. The second-order valence-corrected chi connectivity index (χ2v) is 10.4. The molecule has 1 aliphatic carbocycles. The zero-order chi connectivity index (χ0) is 23.6. The van der Waals surface area contributed by atoms with Gasteiger partial charge in [-0.1, -0.05) is 97.9 Å². The van der Waals surface area contributed by atoms with Gasteiger partial charge in [-0.3, -0.25) is 0 Å². The van der Waals surface area contributed by atoms with E-state index in [0.717, 1.165) is 31.1 Å². The lowest BCUT2D eigenvalue weighted by atomic mass is 9.76. The van der Waals surface area contributed by atoms with Crippen molar-refractivity contribution >= 4 is 0 Å². The van der Waals surface area contributed by atoms with E-state index in [9.17, 15) is 0 Å². The Morgan fingerprint density at radius 2 is 1.35 bits per heavy atom. The van der Waals surface area contributed by atoms with E-state index in [1.807, 2.05) is 0 Å². The molecule has 0 aliphatic heterocycles. The molecule has 0 amide bonds. The topological polar surface area (TPSA) is 0 Å². The summed E-state index contributed by atoms with van der Waals surface area (Å²) in [5.41, 5.74) is 7.43. The Morgan fingerprint density at radius 3 is 2.00 bits per heavy atom. The van der Waals surface area contributed by atoms with Crippen LogP contribution in [-0.2, 0) is 19.3 Å². The quantitative estimate of drug-likeness (QED) is 0.270. The van der Waals surface area contributed by atoms with Crippen LogP contribution in [0.25, 0.3) is 0 Å². The molecule has 0 bridgehead atoms. The van der Waals surface area contributed by atoms with Crippen LogP contribution in [0.15, 0.2) is 91.0 Å². The summed E-state index contributed by atoms with van der Waals surface area (Å²) in [6.07, 6.45) is 15.9. The molecule has 0 heterocycles. The van der Waals surface area contributed by atoms with Crippen LogP contribution in [0, 0.1) is 5.92 Å². The second kappa shape index (κ2) is 12.7. The van der Waals surface area contributed by atoms with Gasteiger partial charge in [0, 0.05) is 0 Å². The lowest BCUT2D eigenvalue weighted by molar-refractivity contribution is 0.310. The molecule has 1 aliphatic rings. The fourth-order valence-electron chi connectivity index (χ4n) is 5.62. The van der Waals surface area contributed by atoms with Gasteiger partial charge in [-0.15, -0.1) is 0 Å². The Hall–Kier alpha value is -2.60. The van der Waals surface area contributed by atoms with Crippen molar-refractivity contribution in [3.05, 3.63) is 119 Å². The zero-order valence-corrected chi connectivity index (χ0v) is 21.3. The summed E-state index contributed by atoms with van der Waals surface area (Å²) in [4.78, 5) is 0. The summed E-state index contributed by atoms with van der Waals surface area (Å²) < 4.78 is 0. The lowest BCUT2D eigenvalue weighted by Crippen LogP contribution is -2.14. The van der Waals surface area contributed by atoms with E-state index in [1.54, 1.807) is 5.56 Å². The molecule has 0 heteroatoms. The maximum absolute atomic E-state index is 2.41. The minimum absolute atomic E-state index is 0.567. The second-order valence-electron chi connectivity index (χ2n) is 10.4. The van der Waals surface area contributed by atoms with Crippen molar-refractivity contribution in [2.75, 3.05) is 0 Å². The summed E-state index contributed by atoms with van der Waals surface area (Å²) in [5, 5.41) is 0. The smallest absolute Gasteiger partial charge is 0.0150 e. The Kier molecular flexibility index (Phi) is 9.19. The molecule has 0 spiro atoms. The third kappa shape index (κ3) is 7.20. The van der Waals surface area contributed by atoms with Gasteiger partial charge in [0.1, 0.15) is 0 Å². The maximum Gasteiger partial charge on any atom is -0.0150 e. The van der Waals surface area contributed by atoms with E-state index in [1.165, 1.54) is 60.8 Å². The fourth-order valence-corrected chi connectivity index (χ4v) is 5.62. The van der Waals surface area contributed by atoms with Crippen LogP contribution in [0.3, 0.4) is 0 Å². The van der Waals surface area contributed by atoms with E-state index >= 15 is 0 Å². The van der Waals surface area contributed by atoms with Crippen molar-refractivity contribution in [3.8, 4) is 0 Å². The normalized spacial score (nSPS) is 19.4. The van der Waals surface area contributed by atoms with Crippen LogP contribution in [-0.4, -0.2) is 0 Å². The summed E-state index contributed by atoms with van der Waals surface area (Å²) >= 11 is 0. The highest BCUT2D eigenvalue weighted by atomic mass is 14.3. The van der Waals surface area contributed by atoms with Crippen molar-refractivity contribution in [2.24, 2.45) is 5.92 Å². The number of hydrogen-bond acceptors (Lipinski definition) is 0. The molecule has 178 valence electrons. The van der Waals surface area contributed by atoms with E-state index in [-0.39, 0.29) is 0 Å². The highest BCUT2D eigenvalue weighted by Crippen LogP contribution is 2.37. The van der Waals surface area contributed by atoms with E-state index in [0.29, 0.717) is 5.92 Å². The molecule has 0 radical (unpaired) electrons. The molecule has 0 nitrogen and oxygen atoms in total. The summed E-state index contributed by atoms with van der Waals surface area (Å²) in [5.74, 6) is 2.22. The fraction of sp³-hybridized carbons (Fsp3) is 0.412. The highest BCUT2D eigenvalue weighted by molar-refractivity contribution is 5.29. The highest BCUT2D eigenvalue weighted by Gasteiger charge is 2.22. The minimum Gasteiger partial charge on any atom is -0.0917 e. The molecule has 1 atom stereocenters. The molecule has 3 aromatic carbocycles. The maximum atomic E-state index is 2.41. The number of rotatable bonds is 10.